The van der Waals surface area contributed by atoms with E-state index in [-0.39, 0.29) is 24.5 Å². The van der Waals surface area contributed by atoms with Gasteiger partial charge in [0, 0.05) is 18.0 Å². The Morgan fingerprint density at radius 2 is 1.73 bits per heavy atom. The van der Waals surface area contributed by atoms with Gasteiger partial charge in [-0.1, -0.05) is 19.9 Å². The minimum Gasteiger partial charge on any atom is -0.394 e. The number of aliphatic hydroxyl groups excluding tert-OH is 1. The summed E-state index contributed by atoms with van der Waals surface area (Å²) in [7, 11) is 0. The smallest absolute Gasteiger partial charge is 0.394 e. The highest BCUT2D eigenvalue weighted by Gasteiger charge is 2.30. The molecule has 0 aliphatic carbocycles. The second-order valence-corrected chi connectivity index (χ2v) is 7.05. The summed E-state index contributed by atoms with van der Waals surface area (Å²) >= 11 is 0. The highest BCUT2D eigenvalue weighted by atomic mass is 19.4. The zero-order valence-electron chi connectivity index (χ0n) is 16.5. The van der Waals surface area contributed by atoms with Gasteiger partial charge in [-0.05, 0) is 42.3 Å². The molecule has 1 atom stereocenters. The number of nitrogens with one attached hydrogen (secondary N) is 2. The van der Waals surface area contributed by atoms with Crippen molar-refractivity contribution < 1.29 is 18.3 Å². The summed E-state index contributed by atoms with van der Waals surface area (Å²) in [6.07, 6.45) is -2.76. The predicted octanol–water partition coefficient (Wildman–Crippen LogP) is 4.73. The summed E-state index contributed by atoms with van der Waals surface area (Å²) in [4.78, 5) is 13.2. The lowest BCUT2D eigenvalue weighted by atomic mass is 10.1. The van der Waals surface area contributed by atoms with Crippen LogP contribution in [0.25, 0.3) is 11.4 Å². The van der Waals surface area contributed by atoms with Crippen LogP contribution in [0.2, 0.25) is 0 Å². The third-order valence-corrected chi connectivity index (χ3v) is 4.45. The Morgan fingerprint density at radius 1 is 1.00 bits per heavy atom. The van der Waals surface area contributed by atoms with Crippen LogP contribution in [0.5, 0.6) is 0 Å². The zero-order valence-corrected chi connectivity index (χ0v) is 16.5. The van der Waals surface area contributed by atoms with E-state index < -0.39 is 11.7 Å². The van der Waals surface area contributed by atoms with Gasteiger partial charge in [0.15, 0.2) is 0 Å². The lowest BCUT2D eigenvalue weighted by Crippen LogP contribution is -2.30. The number of hydrogen-bond donors (Lipinski definition) is 3. The number of aromatic nitrogens is 3. The van der Waals surface area contributed by atoms with E-state index in [1.807, 2.05) is 19.9 Å². The molecule has 2 heterocycles. The first-order chi connectivity index (χ1) is 14.3. The van der Waals surface area contributed by atoms with E-state index in [9.17, 15) is 18.3 Å². The molecule has 3 rings (SSSR count). The van der Waals surface area contributed by atoms with E-state index in [1.165, 1.54) is 12.1 Å². The topological polar surface area (TPSA) is 83.0 Å². The average molecular weight is 417 g/mol. The van der Waals surface area contributed by atoms with E-state index in [1.54, 1.807) is 24.4 Å². The molecule has 9 heteroatoms. The molecular weight excluding hydrogens is 395 g/mol. The van der Waals surface area contributed by atoms with Crippen LogP contribution >= 0.6 is 0 Å². The Balaban J connectivity index is 1.93. The van der Waals surface area contributed by atoms with Crippen molar-refractivity contribution in [2.45, 2.75) is 26.1 Å². The summed E-state index contributed by atoms with van der Waals surface area (Å²) in [5.41, 5.74) is 0.864. The first-order valence-electron chi connectivity index (χ1n) is 9.38. The Hall–Kier alpha value is -3.20. The number of alkyl halides is 3. The fourth-order valence-corrected chi connectivity index (χ4v) is 2.70. The van der Waals surface area contributed by atoms with Gasteiger partial charge in [0.2, 0.25) is 5.95 Å². The molecule has 3 N–H and O–H groups in total. The Bertz CT molecular complexity index is 963. The van der Waals surface area contributed by atoms with Crippen LogP contribution in [0.1, 0.15) is 19.4 Å². The molecule has 158 valence electrons. The molecule has 0 aliphatic heterocycles. The summed E-state index contributed by atoms with van der Waals surface area (Å²) in [6, 6.07) is 11.5. The summed E-state index contributed by atoms with van der Waals surface area (Å²) in [5, 5.41) is 15.7. The van der Waals surface area contributed by atoms with Gasteiger partial charge in [0.05, 0.1) is 29.6 Å². The van der Waals surface area contributed by atoms with Gasteiger partial charge in [0.25, 0.3) is 0 Å². The highest BCUT2D eigenvalue weighted by Crippen LogP contribution is 2.30. The number of pyridine rings is 1. The summed E-state index contributed by atoms with van der Waals surface area (Å²) in [5.74, 6) is 0.789. The largest absolute Gasteiger partial charge is 0.416 e. The van der Waals surface area contributed by atoms with E-state index >= 15 is 0 Å². The molecule has 0 spiro atoms. The van der Waals surface area contributed by atoms with Gasteiger partial charge < -0.3 is 15.7 Å². The van der Waals surface area contributed by atoms with E-state index in [4.69, 9.17) is 0 Å². The lowest BCUT2D eigenvalue weighted by Gasteiger charge is -2.20. The van der Waals surface area contributed by atoms with Crippen molar-refractivity contribution in [3.05, 3.63) is 60.3 Å². The number of anilines is 3. The van der Waals surface area contributed by atoms with Crippen molar-refractivity contribution in [2.75, 3.05) is 17.2 Å². The maximum absolute atomic E-state index is 12.8. The van der Waals surface area contributed by atoms with Crippen LogP contribution in [0, 0.1) is 5.92 Å². The van der Waals surface area contributed by atoms with Crippen molar-refractivity contribution in [3.63, 3.8) is 0 Å². The molecule has 2 aromatic heterocycles. The standard InChI is InChI=1S/C21H22F3N5O/c1-13(2)18(12-30)28-20-27-17(16-5-3-4-10-25-16)11-19(29-20)26-15-8-6-14(7-9-15)21(22,23)24/h3-11,13,18,30H,12H2,1-2H3,(H2,26,27,28,29)/t18-/m1/s1. The van der Waals surface area contributed by atoms with Crippen molar-refractivity contribution >= 4 is 17.5 Å². The molecule has 0 aliphatic rings. The minimum atomic E-state index is -4.40. The van der Waals surface area contributed by atoms with Crippen LogP contribution in [0.4, 0.5) is 30.6 Å². The molecule has 6 nitrogen and oxygen atoms in total. The first kappa shape index (κ1) is 21.5. The van der Waals surface area contributed by atoms with Crippen LogP contribution in [-0.2, 0) is 6.18 Å². The van der Waals surface area contributed by atoms with Crippen molar-refractivity contribution in [3.8, 4) is 11.4 Å². The second-order valence-electron chi connectivity index (χ2n) is 7.05. The van der Waals surface area contributed by atoms with Gasteiger partial charge in [-0.15, -0.1) is 0 Å². The molecule has 0 amide bonds. The number of halogens is 3. The average Bonchev–Trinajstić information content (AvgIpc) is 2.72. The van der Waals surface area contributed by atoms with E-state index in [2.05, 4.69) is 25.6 Å². The predicted molar refractivity (Wildman–Crippen MR) is 109 cm³/mol. The Labute approximate surface area is 172 Å². The zero-order chi connectivity index (χ0) is 21.7. The summed E-state index contributed by atoms with van der Waals surface area (Å²) < 4.78 is 38.4. The second kappa shape index (κ2) is 9.08. The quantitative estimate of drug-likeness (QED) is 0.516. The van der Waals surface area contributed by atoms with Gasteiger partial charge in [0.1, 0.15) is 5.82 Å². The highest BCUT2D eigenvalue weighted by molar-refractivity contribution is 5.65. The van der Waals surface area contributed by atoms with Crippen LogP contribution in [0.15, 0.2) is 54.7 Å². The van der Waals surface area contributed by atoms with E-state index in [0.29, 0.717) is 22.9 Å². The van der Waals surface area contributed by atoms with Gasteiger partial charge >= 0.3 is 6.18 Å². The van der Waals surface area contributed by atoms with Crippen molar-refractivity contribution in [1.29, 1.82) is 0 Å². The molecule has 30 heavy (non-hydrogen) atoms. The summed E-state index contributed by atoms with van der Waals surface area (Å²) in [6.45, 7) is 3.81. The maximum atomic E-state index is 12.8. The molecule has 0 saturated carbocycles. The number of aliphatic hydroxyl groups is 1. The SMILES string of the molecule is CC(C)[C@@H](CO)Nc1nc(Nc2ccc(C(F)(F)F)cc2)cc(-c2ccccn2)n1. The lowest BCUT2D eigenvalue weighted by molar-refractivity contribution is -0.137. The van der Waals surface area contributed by atoms with Crippen LogP contribution in [-0.4, -0.2) is 32.7 Å². The van der Waals surface area contributed by atoms with E-state index in [0.717, 1.165) is 12.1 Å². The van der Waals surface area contributed by atoms with Crippen LogP contribution < -0.4 is 10.6 Å². The number of hydrogen-bond acceptors (Lipinski definition) is 6. The third-order valence-electron chi connectivity index (χ3n) is 4.45. The Morgan fingerprint density at radius 3 is 2.30 bits per heavy atom. The van der Waals surface area contributed by atoms with Crippen molar-refractivity contribution in [2.24, 2.45) is 5.92 Å². The van der Waals surface area contributed by atoms with Crippen LogP contribution in [0.3, 0.4) is 0 Å². The molecule has 0 radical (unpaired) electrons. The molecule has 0 bridgehead atoms. The normalized spacial score (nSPS) is 12.6. The van der Waals surface area contributed by atoms with Gasteiger partial charge in [-0.2, -0.15) is 18.2 Å². The fourth-order valence-electron chi connectivity index (χ4n) is 2.70. The number of nitrogens with zero attached hydrogens (tertiary/aromatic N) is 3. The third kappa shape index (κ3) is 5.44. The maximum Gasteiger partial charge on any atom is 0.416 e. The number of benzene rings is 1. The molecular formula is C21H22F3N5O. The van der Waals surface area contributed by atoms with Crippen molar-refractivity contribution in [1.82, 2.24) is 15.0 Å². The van der Waals surface area contributed by atoms with Gasteiger partial charge in [-0.25, -0.2) is 4.98 Å². The molecule has 1 aromatic carbocycles. The Kier molecular flexibility index (Phi) is 6.51. The molecule has 0 unspecified atom stereocenters. The first-order valence-corrected chi connectivity index (χ1v) is 9.38. The fraction of sp³-hybridized carbons (Fsp3) is 0.286. The molecule has 3 aromatic rings. The number of rotatable bonds is 7. The minimum absolute atomic E-state index is 0.101. The monoisotopic (exact) mass is 417 g/mol. The molecule has 0 saturated heterocycles. The molecule has 0 fully saturated rings. The van der Waals surface area contributed by atoms with Gasteiger partial charge in [-0.3, -0.25) is 4.98 Å².